The molecule has 0 spiro atoms. The first-order chi connectivity index (χ1) is 10.1. The minimum atomic E-state index is -0.644. The van der Waals surface area contributed by atoms with Crippen molar-refractivity contribution in [3.05, 3.63) is 29.8 Å². The zero-order valence-electron chi connectivity index (χ0n) is 12.9. The zero-order chi connectivity index (χ0) is 15.5. The van der Waals surface area contributed by atoms with Crippen LogP contribution in [0.25, 0.3) is 0 Å². The molecule has 0 bridgehead atoms. The van der Waals surface area contributed by atoms with Crippen molar-refractivity contribution in [3.63, 3.8) is 0 Å². The molecule has 4 nitrogen and oxygen atoms in total. The van der Waals surface area contributed by atoms with E-state index < -0.39 is 6.04 Å². The van der Waals surface area contributed by atoms with Crippen LogP contribution in [0.4, 0.5) is 0 Å². The number of phenolic OH excluding ortho intramolecular Hbond substituents is 1. The molecule has 0 saturated carbocycles. The first-order valence-electron chi connectivity index (χ1n) is 7.83. The average Bonchev–Trinajstić information content (AvgIpc) is 2.48. The number of hydrogen-bond acceptors (Lipinski definition) is 4. The summed E-state index contributed by atoms with van der Waals surface area (Å²) in [5.74, 6) is -0.144. The van der Waals surface area contributed by atoms with Crippen molar-refractivity contribution < 1.29 is 14.6 Å². The van der Waals surface area contributed by atoms with Crippen molar-refractivity contribution in [2.75, 3.05) is 6.61 Å². The Morgan fingerprint density at radius 1 is 1.14 bits per heavy atom. The SMILES string of the molecule is CCCCCCCCOC(=O)[C@H](N)Cc1ccc(O)cc1. The quantitative estimate of drug-likeness (QED) is 0.513. The molecule has 0 amide bonds. The summed E-state index contributed by atoms with van der Waals surface area (Å²) in [6, 6.07) is 6.05. The van der Waals surface area contributed by atoms with Gasteiger partial charge >= 0.3 is 5.97 Å². The van der Waals surface area contributed by atoms with Gasteiger partial charge < -0.3 is 15.6 Å². The number of nitrogens with two attached hydrogens (primary N) is 1. The molecule has 0 aliphatic rings. The number of aromatic hydroxyl groups is 1. The van der Waals surface area contributed by atoms with Gasteiger partial charge in [0.05, 0.1) is 6.61 Å². The van der Waals surface area contributed by atoms with E-state index in [0.717, 1.165) is 18.4 Å². The van der Waals surface area contributed by atoms with Gasteiger partial charge in [0.2, 0.25) is 0 Å². The van der Waals surface area contributed by atoms with Crippen molar-refractivity contribution in [1.82, 2.24) is 0 Å². The number of rotatable bonds is 10. The predicted molar refractivity (Wildman–Crippen MR) is 84.1 cm³/mol. The van der Waals surface area contributed by atoms with E-state index in [-0.39, 0.29) is 11.7 Å². The fraction of sp³-hybridized carbons (Fsp3) is 0.588. The summed E-state index contributed by atoms with van der Waals surface area (Å²) in [5, 5.41) is 9.20. The lowest BCUT2D eigenvalue weighted by molar-refractivity contribution is -0.145. The lowest BCUT2D eigenvalue weighted by Crippen LogP contribution is -2.34. The highest BCUT2D eigenvalue weighted by Crippen LogP contribution is 2.11. The van der Waals surface area contributed by atoms with Crippen molar-refractivity contribution in [3.8, 4) is 5.75 Å². The molecule has 21 heavy (non-hydrogen) atoms. The molecule has 0 aliphatic carbocycles. The first kappa shape index (κ1) is 17.5. The Morgan fingerprint density at radius 3 is 2.43 bits per heavy atom. The van der Waals surface area contributed by atoms with Crippen molar-refractivity contribution in [1.29, 1.82) is 0 Å². The molecule has 0 fully saturated rings. The summed E-state index contributed by atoms with van der Waals surface area (Å²) in [6.45, 7) is 2.64. The van der Waals surface area contributed by atoms with E-state index in [1.54, 1.807) is 24.3 Å². The maximum absolute atomic E-state index is 11.8. The molecule has 0 saturated heterocycles. The molecule has 1 atom stereocenters. The van der Waals surface area contributed by atoms with Crippen LogP contribution in [0, 0.1) is 0 Å². The van der Waals surface area contributed by atoms with Crippen molar-refractivity contribution in [2.24, 2.45) is 5.73 Å². The largest absolute Gasteiger partial charge is 0.508 e. The number of ether oxygens (including phenoxy) is 1. The van der Waals surface area contributed by atoms with Gasteiger partial charge in [0, 0.05) is 0 Å². The van der Waals surface area contributed by atoms with E-state index in [1.165, 1.54) is 25.7 Å². The molecule has 0 unspecified atom stereocenters. The van der Waals surface area contributed by atoms with E-state index >= 15 is 0 Å². The van der Waals surface area contributed by atoms with E-state index in [9.17, 15) is 9.90 Å². The minimum Gasteiger partial charge on any atom is -0.508 e. The molecular formula is C17H27NO3. The minimum absolute atomic E-state index is 0.206. The lowest BCUT2D eigenvalue weighted by Gasteiger charge is -2.11. The molecule has 118 valence electrons. The molecule has 0 aromatic heterocycles. The highest BCUT2D eigenvalue weighted by Gasteiger charge is 2.15. The third-order valence-electron chi connectivity index (χ3n) is 3.44. The Kier molecular flexibility index (Phi) is 8.51. The Bertz CT molecular complexity index is 403. The standard InChI is InChI=1S/C17H27NO3/c1-2-3-4-5-6-7-12-21-17(20)16(18)13-14-8-10-15(19)11-9-14/h8-11,16,19H,2-7,12-13,18H2,1H3/t16-/m1/s1. The molecule has 0 heterocycles. The first-order valence-corrected chi connectivity index (χ1v) is 7.83. The third kappa shape index (κ3) is 7.71. The van der Waals surface area contributed by atoms with Gasteiger partial charge in [-0.05, 0) is 30.5 Å². The van der Waals surface area contributed by atoms with Crippen LogP contribution in [-0.4, -0.2) is 23.7 Å². The van der Waals surface area contributed by atoms with Crippen LogP contribution in [0.3, 0.4) is 0 Å². The molecule has 1 aromatic carbocycles. The third-order valence-corrected chi connectivity index (χ3v) is 3.44. The summed E-state index contributed by atoms with van der Waals surface area (Å²) in [5.41, 5.74) is 6.74. The Balaban J connectivity index is 2.15. The van der Waals surface area contributed by atoms with E-state index in [4.69, 9.17) is 10.5 Å². The number of unbranched alkanes of at least 4 members (excludes halogenated alkanes) is 5. The van der Waals surface area contributed by atoms with Crippen LogP contribution in [-0.2, 0) is 16.0 Å². The van der Waals surface area contributed by atoms with Gasteiger partial charge in [0.1, 0.15) is 11.8 Å². The van der Waals surface area contributed by atoms with E-state index in [0.29, 0.717) is 13.0 Å². The number of benzene rings is 1. The summed E-state index contributed by atoms with van der Waals surface area (Å²) in [7, 11) is 0. The highest BCUT2D eigenvalue weighted by atomic mass is 16.5. The molecule has 0 aliphatic heterocycles. The normalized spacial score (nSPS) is 12.1. The predicted octanol–water partition coefficient (Wildman–Crippen LogP) is 3.17. The van der Waals surface area contributed by atoms with Crippen LogP contribution in [0.15, 0.2) is 24.3 Å². The van der Waals surface area contributed by atoms with Crippen LogP contribution in [0.2, 0.25) is 0 Å². The second-order valence-electron chi connectivity index (χ2n) is 5.41. The second-order valence-corrected chi connectivity index (χ2v) is 5.41. The number of carbonyl (C=O) groups is 1. The summed E-state index contributed by atoms with van der Waals surface area (Å²) < 4.78 is 5.19. The van der Waals surface area contributed by atoms with Gasteiger partial charge in [0.15, 0.2) is 0 Å². The summed E-state index contributed by atoms with van der Waals surface area (Å²) in [6.07, 6.45) is 7.39. The number of phenols is 1. The van der Waals surface area contributed by atoms with Gasteiger partial charge in [-0.3, -0.25) is 4.79 Å². The topological polar surface area (TPSA) is 72.5 Å². The average molecular weight is 293 g/mol. The van der Waals surface area contributed by atoms with Gasteiger partial charge in [-0.15, -0.1) is 0 Å². The molecule has 1 aromatic rings. The number of hydrogen-bond donors (Lipinski definition) is 2. The molecule has 0 radical (unpaired) electrons. The van der Waals surface area contributed by atoms with Gasteiger partial charge in [0.25, 0.3) is 0 Å². The fourth-order valence-electron chi connectivity index (χ4n) is 2.13. The van der Waals surface area contributed by atoms with Crippen LogP contribution < -0.4 is 5.73 Å². The fourth-order valence-corrected chi connectivity index (χ4v) is 2.13. The highest BCUT2D eigenvalue weighted by molar-refractivity contribution is 5.75. The number of esters is 1. The van der Waals surface area contributed by atoms with Crippen LogP contribution >= 0.6 is 0 Å². The maximum Gasteiger partial charge on any atom is 0.323 e. The van der Waals surface area contributed by atoms with Crippen LogP contribution in [0.5, 0.6) is 5.75 Å². The van der Waals surface area contributed by atoms with Crippen molar-refractivity contribution >= 4 is 5.97 Å². The lowest BCUT2D eigenvalue weighted by atomic mass is 10.1. The van der Waals surface area contributed by atoms with Gasteiger partial charge in [-0.1, -0.05) is 51.2 Å². The van der Waals surface area contributed by atoms with E-state index in [2.05, 4.69) is 6.92 Å². The second kappa shape index (κ2) is 10.2. The van der Waals surface area contributed by atoms with E-state index in [1.807, 2.05) is 0 Å². The number of carbonyl (C=O) groups excluding carboxylic acids is 1. The van der Waals surface area contributed by atoms with Gasteiger partial charge in [-0.25, -0.2) is 0 Å². The van der Waals surface area contributed by atoms with Crippen molar-refractivity contribution in [2.45, 2.75) is 57.9 Å². The molecule has 1 rings (SSSR count). The Morgan fingerprint density at radius 2 is 1.76 bits per heavy atom. The zero-order valence-corrected chi connectivity index (χ0v) is 12.9. The van der Waals surface area contributed by atoms with Gasteiger partial charge in [-0.2, -0.15) is 0 Å². The summed E-state index contributed by atoms with van der Waals surface area (Å²) >= 11 is 0. The van der Waals surface area contributed by atoms with Crippen LogP contribution in [0.1, 0.15) is 51.0 Å². The monoisotopic (exact) mass is 293 g/mol. The molecule has 4 heteroatoms. The molecule has 3 N–H and O–H groups in total. The maximum atomic E-state index is 11.8. The summed E-state index contributed by atoms with van der Waals surface area (Å²) in [4.78, 5) is 11.8. The smallest absolute Gasteiger partial charge is 0.323 e. The Labute approximate surface area is 127 Å². The molecular weight excluding hydrogens is 266 g/mol. The Hall–Kier alpha value is -1.55.